The van der Waals surface area contributed by atoms with Gasteiger partial charge in [-0.2, -0.15) is 10.2 Å². The van der Waals surface area contributed by atoms with Gasteiger partial charge >= 0.3 is 0 Å². The zero-order valence-electron chi connectivity index (χ0n) is 8.34. The molecule has 6 heteroatoms. The number of nitrogens with zero attached hydrogens (tertiary/aromatic N) is 4. The van der Waals surface area contributed by atoms with Crippen LogP contribution in [0, 0.1) is 6.92 Å². The lowest BCUT2D eigenvalue weighted by atomic mass is 10.4. The molecule has 2 aromatic rings. The number of hydrogen-bond acceptors (Lipinski definition) is 6. The predicted molar refractivity (Wildman–Crippen MR) is 51.6 cm³/mol. The van der Waals surface area contributed by atoms with Crippen molar-refractivity contribution in [3.05, 3.63) is 35.8 Å². The molecule has 0 aliphatic heterocycles. The number of aromatic nitrogens is 4. The fraction of sp³-hybridized carbons (Fsp3) is 0.333. The van der Waals surface area contributed by atoms with Crippen molar-refractivity contribution in [1.82, 2.24) is 25.7 Å². The summed E-state index contributed by atoms with van der Waals surface area (Å²) in [7, 11) is 0. The maximum atomic E-state index is 5.20. The molecule has 0 aromatic carbocycles. The second-order valence-corrected chi connectivity index (χ2v) is 3.03. The minimum absolute atomic E-state index is 0.539. The van der Waals surface area contributed by atoms with Crippen LogP contribution >= 0.6 is 0 Å². The summed E-state index contributed by atoms with van der Waals surface area (Å²) in [6.45, 7) is 2.94. The maximum Gasteiger partial charge on any atom is 0.230 e. The normalized spacial score (nSPS) is 10.5. The molecule has 0 aliphatic carbocycles. The Bertz CT molecular complexity index is 413. The molecule has 2 aromatic heterocycles. The highest BCUT2D eigenvalue weighted by Gasteiger charge is 2.01. The largest absolute Gasteiger partial charge is 0.424 e. The highest BCUT2D eigenvalue weighted by Crippen LogP contribution is 1.97. The van der Waals surface area contributed by atoms with Crippen LogP contribution < -0.4 is 5.32 Å². The molecule has 2 heterocycles. The van der Waals surface area contributed by atoms with E-state index in [1.165, 1.54) is 0 Å². The minimum Gasteiger partial charge on any atom is -0.424 e. The fourth-order valence-corrected chi connectivity index (χ4v) is 1.13. The van der Waals surface area contributed by atoms with E-state index < -0.39 is 0 Å². The van der Waals surface area contributed by atoms with Crippen LogP contribution in [-0.2, 0) is 13.1 Å². The van der Waals surface area contributed by atoms with Crippen LogP contribution in [0.5, 0.6) is 0 Å². The molecule has 2 rings (SSSR count). The number of nitrogens with one attached hydrogen (secondary N) is 1. The van der Waals surface area contributed by atoms with Gasteiger partial charge in [0, 0.05) is 19.7 Å². The van der Waals surface area contributed by atoms with Gasteiger partial charge in [0.15, 0.2) is 0 Å². The third kappa shape index (κ3) is 2.81. The lowest BCUT2D eigenvalue weighted by molar-refractivity contribution is 0.445. The van der Waals surface area contributed by atoms with Crippen molar-refractivity contribution in [2.45, 2.75) is 20.0 Å². The first-order valence-corrected chi connectivity index (χ1v) is 4.61. The van der Waals surface area contributed by atoms with Gasteiger partial charge in [-0.25, -0.2) is 0 Å². The van der Waals surface area contributed by atoms with E-state index in [-0.39, 0.29) is 0 Å². The zero-order valence-corrected chi connectivity index (χ0v) is 8.34. The van der Waals surface area contributed by atoms with Gasteiger partial charge in [-0.15, -0.1) is 10.2 Å². The Morgan fingerprint density at radius 1 is 1.27 bits per heavy atom. The highest BCUT2D eigenvalue weighted by atomic mass is 16.4. The summed E-state index contributed by atoms with van der Waals surface area (Å²) >= 11 is 0. The van der Waals surface area contributed by atoms with Gasteiger partial charge < -0.3 is 9.73 Å². The summed E-state index contributed by atoms with van der Waals surface area (Å²) in [4.78, 5) is 0. The standard InChI is InChI=1S/C9H11N5O/c1-7-12-14-9(15-7)6-10-5-8-3-2-4-11-13-8/h2-4,10H,5-6H2,1H3. The van der Waals surface area contributed by atoms with Crippen molar-refractivity contribution in [1.29, 1.82) is 0 Å². The Morgan fingerprint density at radius 2 is 2.20 bits per heavy atom. The van der Waals surface area contributed by atoms with E-state index in [0.29, 0.717) is 24.9 Å². The lowest BCUT2D eigenvalue weighted by Gasteiger charge is -1.99. The van der Waals surface area contributed by atoms with E-state index in [1.807, 2.05) is 12.1 Å². The molecule has 0 radical (unpaired) electrons. The summed E-state index contributed by atoms with van der Waals surface area (Å²) < 4.78 is 5.20. The molecule has 0 bridgehead atoms. The third-order valence-corrected chi connectivity index (χ3v) is 1.78. The van der Waals surface area contributed by atoms with Crippen LogP contribution in [0.4, 0.5) is 0 Å². The molecule has 0 saturated heterocycles. The Labute approximate surface area is 86.7 Å². The van der Waals surface area contributed by atoms with Gasteiger partial charge in [-0.05, 0) is 12.1 Å². The van der Waals surface area contributed by atoms with E-state index in [2.05, 4.69) is 25.7 Å². The first-order valence-electron chi connectivity index (χ1n) is 4.61. The molecular formula is C9H11N5O. The van der Waals surface area contributed by atoms with Crippen molar-refractivity contribution >= 4 is 0 Å². The summed E-state index contributed by atoms with van der Waals surface area (Å²) in [5, 5.41) is 18.4. The fourth-order valence-electron chi connectivity index (χ4n) is 1.13. The quantitative estimate of drug-likeness (QED) is 0.781. The molecular weight excluding hydrogens is 194 g/mol. The van der Waals surface area contributed by atoms with Crippen molar-refractivity contribution in [3.63, 3.8) is 0 Å². The van der Waals surface area contributed by atoms with Gasteiger partial charge in [-0.3, -0.25) is 0 Å². The molecule has 0 aliphatic rings. The predicted octanol–water partition coefficient (Wildman–Crippen LogP) is 0.458. The molecule has 0 atom stereocenters. The van der Waals surface area contributed by atoms with Crippen LogP contribution in [0.3, 0.4) is 0 Å². The van der Waals surface area contributed by atoms with Crippen molar-refractivity contribution in [2.24, 2.45) is 0 Å². The Balaban J connectivity index is 1.80. The zero-order chi connectivity index (χ0) is 10.5. The third-order valence-electron chi connectivity index (χ3n) is 1.78. The first-order chi connectivity index (χ1) is 7.34. The van der Waals surface area contributed by atoms with E-state index in [4.69, 9.17) is 4.42 Å². The van der Waals surface area contributed by atoms with Crippen molar-refractivity contribution < 1.29 is 4.42 Å². The molecule has 1 N–H and O–H groups in total. The van der Waals surface area contributed by atoms with Crippen molar-refractivity contribution in [2.75, 3.05) is 0 Å². The highest BCUT2D eigenvalue weighted by molar-refractivity contribution is 4.98. The topological polar surface area (TPSA) is 76.7 Å². The second-order valence-electron chi connectivity index (χ2n) is 3.03. The van der Waals surface area contributed by atoms with Crippen LogP contribution in [0.25, 0.3) is 0 Å². The second kappa shape index (κ2) is 4.61. The van der Waals surface area contributed by atoms with E-state index in [0.717, 1.165) is 5.69 Å². The van der Waals surface area contributed by atoms with Gasteiger partial charge in [-0.1, -0.05) is 0 Å². The van der Waals surface area contributed by atoms with Gasteiger partial charge in [0.25, 0.3) is 0 Å². The van der Waals surface area contributed by atoms with Crippen LogP contribution in [0.15, 0.2) is 22.7 Å². The average molecular weight is 205 g/mol. The molecule has 0 unspecified atom stereocenters. The number of aryl methyl sites for hydroxylation is 1. The molecule has 6 nitrogen and oxygen atoms in total. The van der Waals surface area contributed by atoms with Crippen molar-refractivity contribution in [3.8, 4) is 0 Å². The Hall–Kier alpha value is -1.82. The summed E-state index contributed by atoms with van der Waals surface area (Å²) in [5.41, 5.74) is 0.883. The molecule has 78 valence electrons. The van der Waals surface area contributed by atoms with E-state index >= 15 is 0 Å². The molecule has 15 heavy (non-hydrogen) atoms. The van der Waals surface area contributed by atoms with Crippen LogP contribution in [0.2, 0.25) is 0 Å². The Kier molecular flexibility index (Phi) is 2.99. The van der Waals surface area contributed by atoms with Gasteiger partial charge in [0.2, 0.25) is 11.8 Å². The Morgan fingerprint density at radius 3 is 2.87 bits per heavy atom. The smallest absolute Gasteiger partial charge is 0.230 e. The minimum atomic E-state index is 0.539. The van der Waals surface area contributed by atoms with E-state index in [9.17, 15) is 0 Å². The molecule has 0 saturated carbocycles. The van der Waals surface area contributed by atoms with Gasteiger partial charge in [0.05, 0.1) is 12.2 Å². The molecule has 0 amide bonds. The van der Waals surface area contributed by atoms with Gasteiger partial charge in [0.1, 0.15) is 0 Å². The molecule has 0 fully saturated rings. The molecule has 0 spiro atoms. The summed E-state index contributed by atoms with van der Waals surface area (Å²) in [6, 6.07) is 3.75. The monoisotopic (exact) mass is 205 g/mol. The lowest BCUT2D eigenvalue weighted by Crippen LogP contribution is -2.14. The average Bonchev–Trinajstić information content (AvgIpc) is 2.66. The summed E-state index contributed by atoms with van der Waals surface area (Å²) in [6.07, 6.45) is 1.64. The number of hydrogen-bond donors (Lipinski definition) is 1. The van der Waals surface area contributed by atoms with Crippen LogP contribution in [0.1, 0.15) is 17.5 Å². The maximum absolute atomic E-state index is 5.20. The summed E-state index contributed by atoms with van der Waals surface area (Å²) in [5.74, 6) is 1.16. The number of rotatable bonds is 4. The SMILES string of the molecule is Cc1nnc(CNCc2cccnn2)o1. The first kappa shape index (κ1) is 9.72. The van der Waals surface area contributed by atoms with Crippen LogP contribution in [-0.4, -0.2) is 20.4 Å². The van der Waals surface area contributed by atoms with E-state index in [1.54, 1.807) is 13.1 Å².